The summed E-state index contributed by atoms with van der Waals surface area (Å²) in [6.45, 7) is 3.72. The van der Waals surface area contributed by atoms with Crippen molar-refractivity contribution >= 4 is 5.65 Å². The van der Waals surface area contributed by atoms with Gasteiger partial charge in [0, 0.05) is 5.56 Å². The van der Waals surface area contributed by atoms with E-state index in [-0.39, 0.29) is 0 Å². The average molecular weight is 153 g/mol. The molecule has 0 atom stereocenters. The molecular formula is C6H7N3O2. The molecule has 2 aromatic rings. The highest BCUT2D eigenvalue weighted by Crippen LogP contribution is 2.08. The first kappa shape index (κ1) is 6.21. The van der Waals surface area contributed by atoms with Crippen molar-refractivity contribution in [2.75, 3.05) is 0 Å². The molecule has 5 heteroatoms. The van der Waals surface area contributed by atoms with E-state index in [4.69, 9.17) is 0 Å². The summed E-state index contributed by atoms with van der Waals surface area (Å²) in [4.78, 5) is 10.8. The van der Waals surface area contributed by atoms with Crippen LogP contribution in [-0.2, 0) is 0 Å². The van der Waals surface area contributed by atoms with Crippen molar-refractivity contribution in [1.82, 2.24) is 14.8 Å². The van der Waals surface area contributed by atoms with Crippen LogP contribution in [0, 0.1) is 13.8 Å². The molecule has 58 valence electrons. The molecule has 1 N–H and O–H groups in total. The van der Waals surface area contributed by atoms with E-state index in [2.05, 4.69) is 14.8 Å². The van der Waals surface area contributed by atoms with Gasteiger partial charge >= 0.3 is 5.76 Å². The summed E-state index contributed by atoms with van der Waals surface area (Å²) < 4.78 is 5.72. The highest BCUT2D eigenvalue weighted by molar-refractivity contribution is 5.46. The molecule has 0 saturated carbocycles. The molecule has 2 rings (SSSR count). The quantitative estimate of drug-likeness (QED) is 0.589. The zero-order valence-corrected chi connectivity index (χ0v) is 6.21. The summed E-state index contributed by atoms with van der Waals surface area (Å²) in [7, 11) is 0. The number of aromatic amines is 1. The molecule has 0 bridgehead atoms. The molecule has 0 aliphatic rings. The zero-order valence-electron chi connectivity index (χ0n) is 6.21. The minimum atomic E-state index is -0.476. The van der Waals surface area contributed by atoms with E-state index >= 15 is 0 Å². The first-order valence-corrected chi connectivity index (χ1v) is 3.23. The minimum Gasteiger partial charge on any atom is -0.321 e. The summed E-state index contributed by atoms with van der Waals surface area (Å²) in [5.74, 6) is -0.476. The highest BCUT2D eigenvalue weighted by Gasteiger charge is 2.08. The maximum absolute atomic E-state index is 10.8. The van der Waals surface area contributed by atoms with E-state index in [1.54, 1.807) is 0 Å². The van der Waals surface area contributed by atoms with Gasteiger partial charge in [-0.2, -0.15) is 10.3 Å². The van der Waals surface area contributed by atoms with E-state index in [1.165, 1.54) is 4.52 Å². The monoisotopic (exact) mass is 153 g/mol. The molecule has 0 saturated heterocycles. The van der Waals surface area contributed by atoms with Crippen molar-refractivity contribution in [3.05, 3.63) is 21.8 Å². The number of aryl methyl sites for hydroxylation is 2. The molecule has 0 aromatic carbocycles. The van der Waals surface area contributed by atoms with Crippen LogP contribution >= 0.6 is 0 Å². The van der Waals surface area contributed by atoms with Crippen LogP contribution in [-0.4, -0.2) is 14.8 Å². The Balaban J connectivity index is 3.05. The molecular weight excluding hydrogens is 146 g/mol. The molecule has 5 nitrogen and oxygen atoms in total. The van der Waals surface area contributed by atoms with Crippen LogP contribution in [0.15, 0.2) is 9.32 Å². The van der Waals surface area contributed by atoms with E-state index in [0.29, 0.717) is 5.65 Å². The smallest absolute Gasteiger partial charge is 0.321 e. The number of nitrogens with one attached hydrogen (secondary N) is 1. The van der Waals surface area contributed by atoms with Gasteiger partial charge in [-0.05, 0) is 13.8 Å². The third-order valence-corrected chi connectivity index (χ3v) is 1.77. The normalized spacial score (nSPS) is 11.1. The standard InChI is InChI=1S/C6H7N3O2/c1-3-4(2)7-9-5(3)8-11-6(9)10/h8H,1-2H3. The second kappa shape index (κ2) is 1.75. The van der Waals surface area contributed by atoms with E-state index in [0.717, 1.165) is 11.3 Å². The van der Waals surface area contributed by atoms with Crippen molar-refractivity contribution in [2.24, 2.45) is 0 Å². The topological polar surface area (TPSA) is 63.3 Å². The lowest BCUT2D eigenvalue weighted by atomic mass is 10.3. The van der Waals surface area contributed by atoms with Gasteiger partial charge in [0.25, 0.3) is 0 Å². The Bertz CT molecular complexity index is 448. The highest BCUT2D eigenvalue weighted by atomic mass is 16.5. The van der Waals surface area contributed by atoms with Crippen molar-refractivity contribution < 1.29 is 4.52 Å². The Morgan fingerprint density at radius 2 is 2.27 bits per heavy atom. The maximum atomic E-state index is 10.8. The summed E-state index contributed by atoms with van der Waals surface area (Å²) in [5, 5.41) is 6.44. The van der Waals surface area contributed by atoms with Crippen LogP contribution in [0.25, 0.3) is 5.65 Å². The lowest BCUT2D eigenvalue weighted by molar-refractivity contribution is 0.383. The van der Waals surface area contributed by atoms with Crippen molar-refractivity contribution in [2.45, 2.75) is 13.8 Å². The lowest BCUT2D eigenvalue weighted by Crippen LogP contribution is -2.05. The number of fused-ring (bicyclic) bond motifs is 1. The van der Waals surface area contributed by atoms with Gasteiger partial charge in [0.1, 0.15) is 0 Å². The predicted octanol–water partition coefficient (Wildman–Crippen LogP) is 0.232. The van der Waals surface area contributed by atoms with Crippen molar-refractivity contribution in [3.63, 3.8) is 0 Å². The van der Waals surface area contributed by atoms with E-state index in [1.807, 2.05) is 13.8 Å². The number of hydrogen-bond donors (Lipinski definition) is 1. The van der Waals surface area contributed by atoms with Crippen LogP contribution in [0.3, 0.4) is 0 Å². The van der Waals surface area contributed by atoms with Crippen LogP contribution in [0.1, 0.15) is 11.3 Å². The van der Waals surface area contributed by atoms with Crippen LogP contribution in [0.5, 0.6) is 0 Å². The van der Waals surface area contributed by atoms with Crippen LogP contribution in [0.2, 0.25) is 0 Å². The number of nitrogens with zero attached hydrogens (tertiary/aromatic N) is 2. The van der Waals surface area contributed by atoms with Gasteiger partial charge in [-0.25, -0.2) is 4.79 Å². The fourth-order valence-electron chi connectivity index (χ4n) is 0.992. The van der Waals surface area contributed by atoms with E-state index in [9.17, 15) is 4.79 Å². The third kappa shape index (κ3) is 0.646. The van der Waals surface area contributed by atoms with Crippen molar-refractivity contribution in [3.8, 4) is 0 Å². The largest absolute Gasteiger partial charge is 0.461 e. The fraction of sp³-hybridized carbons (Fsp3) is 0.333. The molecule has 0 unspecified atom stereocenters. The number of aromatic nitrogens is 3. The van der Waals surface area contributed by atoms with Gasteiger partial charge in [-0.1, -0.05) is 0 Å². The average Bonchev–Trinajstić information content (AvgIpc) is 2.43. The summed E-state index contributed by atoms with van der Waals surface area (Å²) in [6, 6.07) is 0. The maximum Gasteiger partial charge on any atom is 0.461 e. The van der Waals surface area contributed by atoms with Crippen LogP contribution < -0.4 is 5.76 Å². The third-order valence-electron chi connectivity index (χ3n) is 1.77. The SMILES string of the molecule is Cc1nn2c(=O)o[nH]c2c1C. The van der Waals surface area contributed by atoms with Gasteiger partial charge in [-0.15, -0.1) is 4.52 Å². The Kier molecular flexibility index (Phi) is 0.986. The van der Waals surface area contributed by atoms with Gasteiger partial charge in [0.2, 0.25) is 0 Å². The summed E-state index contributed by atoms with van der Waals surface area (Å²) in [6.07, 6.45) is 0. The lowest BCUT2D eigenvalue weighted by Gasteiger charge is -1.80. The molecule has 0 fully saturated rings. The van der Waals surface area contributed by atoms with Gasteiger partial charge in [0.15, 0.2) is 5.65 Å². The summed E-state index contributed by atoms with van der Waals surface area (Å²) in [5.41, 5.74) is 2.41. The molecule has 0 aliphatic heterocycles. The Labute approximate surface area is 61.6 Å². The Morgan fingerprint density at radius 3 is 2.91 bits per heavy atom. The predicted molar refractivity (Wildman–Crippen MR) is 37.6 cm³/mol. The number of hydrogen-bond acceptors (Lipinski definition) is 3. The Morgan fingerprint density at radius 1 is 1.55 bits per heavy atom. The fourth-order valence-corrected chi connectivity index (χ4v) is 0.992. The molecule has 11 heavy (non-hydrogen) atoms. The van der Waals surface area contributed by atoms with Gasteiger partial charge in [0.05, 0.1) is 5.69 Å². The van der Waals surface area contributed by atoms with Gasteiger partial charge in [-0.3, -0.25) is 0 Å². The first-order chi connectivity index (χ1) is 5.20. The minimum absolute atomic E-state index is 0.476. The zero-order chi connectivity index (χ0) is 8.01. The Hall–Kier alpha value is -1.52. The molecule has 0 aliphatic carbocycles. The molecule has 2 aromatic heterocycles. The molecule has 0 amide bonds. The molecule has 0 radical (unpaired) electrons. The van der Waals surface area contributed by atoms with Crippen LogP contribution in [0.4, 0.5) is 0 Å². The molecule has 2 heterocycles. The van der Waals surface area contributed by atoms with Crippen molar-refractivity contribution in [1.29, 1.82) is 0 Å². The molecule has 0 spiro atoms. The number of rotatable bonds is 0. The second-order valence-corrected chi connectivity index (χ2v) is 2.44. The summed E-state index contributed by atoms with van der Waals surface area (Å²) >= 11 is 0. The van der Waals surface area contributed by atoms with Gasteiger partial charge < -0.3 is 4.52 Å². The first-order valence-electron chi connectivity index (χ1n) is 3.23. The number of H-pyrrole nitrogens is 1. The second-order valence-electron chi connectivity index (χ2n) is 2.44. The van der Waals surface area contributed by atoms with E-state index < -0.39 is 5.76 Å².